The number of benzene rings is 1. The van der Waals surface area contributed by atoms with Gasteiger partial charge in [-0.1, -0.05) is 29.8 Å². The number of fused-ring (bicyclic) bond motifs is 1. The van der Waals surface area contributed by atoms with Crippen LogP contribution < -0.4 is 5.32 Å². The third kappa shape index (κ3) is 3.67. The average molecular weight is 379 g/mol. The van der Waals surface area contributed by atoms with Crippen molar-refractivity contribution in [2.75, 3.05) is 0 Å². The summed E-state index contributed by atoms with van der Waals surface area (Å²) in [7, 11) is 0. The number of hydrogen-bond acceptors (Lipinski definition) is 3. The van der Waals surface area contributed by atoms with E-state index in [1.54, 1.807) is 26.0 Å². The van der Waals surface area contributed by atoms with Gasteiger partial charge in [-0.15, -0.1) is 0 Å². The largest absolute Gasteiger partial charge is 0.350 e. The van der Waals surface area contributed by atoms with E-state index in [2.05, 4.69) is 15.4 Å². The Kier molecular flexibility index (Phi) is 5.18. The number of alkyl halides is 2. The molecule has 136 valence electrons. The van der Waals surface area contributed by atoms with Crippen molar-refractivity contribution in [3.63, 3.8) is 0 Å². The number of halogens is 3. The van der Waals surface area contributed by atoms with E-state index in [4.69, 9.17) is 11.6 Å². The first-order valence-corrected chi connectivity index (χ1v) is 8.37. The minimum Gasteiger partial charge on any atom is -0.350 e. The van der Waals surface area contributed by atoms with Gasteiger partial charge in [0.2, 0.25) is 5.91 Å². The number of pyridine rings is 1. The van der Waals surface area contributed by atoms with E-state index in [-0.39, 0.29) is 30.2 Å². The monoisotopic (exact) mass is 378 g/mol. The van der Waals surface area contributed by atoms with E-state index in [1.165, 1.54) is 10.7 Å². The summed E-state index contributed by atoms with van der Waals surface area (Å²) in [6.45, 7) is 3.41. The van der Waals surface area contributed by atoms with Crippen molar-refractivity contribution in [1.82, 2.24) is 20.1 Å². The summed E-state index contributed by atoms with van der Waals surface area (Å²) < 4.78 is 28.0. The number of carbonyl (C=O) groups excluding carboxylic acids is 1. The van der Waals surface area contributed by atoms with Gasteiger partial charge in [0.25, 0.3) is 6.43 Å². The van der Waals surface area contributed by atoms with Crippen molar-refractivity contribution in [1.29, 1.82) is 0 Å². The molecule has 5 nitrogen and oxygen atoms in total. The molecule has 0 radical (unpaired) electrons. The average Bonchev–Trinajstić information content (AvgIpc) is 2.89. The molecule has 2 heterocycles. The quantitative estimate of drug-likeness (QED) is 0.731. The normalized spacial score (nSPS) is 11.3. The van der Waals surface area contributed by atoms with Gasteiger partial charge in [-0.3, -0.25) is 4.79 Å². The van der Waals surface area contributed by atoms with E-state index >= 15 is 0 Å². The molecule has 3 rings (SSSR count). The third-order valence-electron chi connectivity index (χ3n) is 4.00. The van der Waals surface area contributed by atoms with Crippen LogP contribution in [0.25, 0.3) is 11.0 Å². The Morgan fingerprint density at radius 1 is 1.31 bits per heavy atom. The van der Waals surface area contributed by atoms with Gasteiger partial charge in [0.15, 0.2) is 5.65 Å². The lowest BCUT2D eigenvalue weighted by Gasteiger charge is -2.08. The number of aryl methyl sites for hydroxylation is 2. The summed E-state index contributed by atoms with van der Waals surface area (Å²) in [6.07, 6.45) is -2.63. The van der Waals surface area contributed by atoms with Crippen LogP contribution in [-0.2, 0) is 17.9 Å². The van der Waals surface area contributed by atoms with Gasteiger partial charge < -0.3 is 5.32 Å². The molecule has 0 bridgehead atoms. The highest BCUT2D eigenvalue weighted by Crippen LogP contribution is 2.29. The zero-order valence-electron chi connectivity index (χ0n) is 14.3. The number of nitrogens with zero attached hydrogens (tertiary/aromatic N) is 3. The molecule has 1 amide bonds. The maximum Gasteiger partial charge on any atom is 0.264 e. The van der Waals surface area contributed by atoms with Gasteiger partial charge in [0.05, 0.1) is 11.1 Å². The van der Waals surface area contributed by atoms with Gasteiger partial charge in [-0.2, -0.15) is 5.10 Å². The topological polar surface area (TPSA) is 59.8 Å². The minimum atomic E-state index is -2.63. The fourth-order valence-electron chi connectivity index (χ4n) is 2.83. The number of aromatic nitrogens is 3. The molecule has 0 fully saturated rings. The summed E-state index contributed by atoms with van der Waals surface area (Å²) in [5.74, 6) is -0.309. The molecule has 0 saturated heterocycles. The van der Waals surface area contributed by atoms with E-state index in [0.717, 1.165) is 5.56 Å². The maximum absolute atomic E-state index is 13.3. The third-order valence-corrected chi connectivity index (χ3v) is 4.37. The van der Waals surface area contributed by atoms with Crippen LogP contribution in [0.1, 0.15) is 28.9 Å². The Morgan fingerprint density at radius 2 is 2.04 bits per heavy atom. The van der Waals surface area contributed by atoms with Crippen molar-refractivity contribution in [3.05, 3.63) is 57.9 Å². The lowest BCUT2D eigenvalue weighted by atomic mass is 10.1. The fraction of sp³-hybridized carbons (Fsp3) is 0.278. The zero-order valence-corrected chi connectivity index (χ0v) is 15.0. The molecule has 0 aliphatic rings. The van der Waals surface area contributed by atoms with Crippen LogP contribution in [0, 0.1) is 13.8 Å². The molecule has 0 aliphatic heterocycles. The van der Waals surface area contributed by atoms with Gasteiger partial charge in [-0.25, -0.2) is 18.4 Å². The van der Waals surface area contributed by atoms with Gasteiger partial charge in [-0.05, 0) is 31.5 Å². The molecule has 1 aromatic carbocycles. The van der Waals surface area contributed by atoms with Gasteiger partial charge in [0, 0.05) is 22.8 Å². The van der Waals surface area contributed by atoms with Crippen LogP contribution in [0.15, 0.2) is 30.3 Å². The van der Waals surface area contributed by atoms with Crippen LogP contribution in [0.5, 0.6) is 0 Å². The Labute approximate surface area is 154 Å². The zero-order chi connectivity index (χ0) is 18.8. The summed E-state index contributed by atoms with van der Waals surface area (Å²) in [5.41, 5.74) is 1.82. The van der Waals surface area contributed by atoms with Crippen LogP contribution in [0.2, 0.25) is 5.02 Å². The van der Waals surface area contributed by atoms with Crippen LogP contribution in [0.4, 0.5) is 8.78 Å². The van der Waals surface area contributed by atoms with Crippen molar-refractivity contribution in [2.45, 2.75) is 33.4 Å². The van der Waals surface area contributed by atoms with Crippen LogP contribution in [-0.4, -0.2) is 20.7 Å². The lowest BCUT2D eigenvalue weighted by molar-refractivity contribution is -0.121. The van der Waals surface area contributed by atoms with Gasteiger partial charge in [0.1, 0.15) is 6.54 Å². The van der Waals surface area contributed by atoms with Crippen molar-refractivity contribution in [3.8, 4) is 0 Å². The molecule has 0 saturated carbocycles. The van der Waals surface area contributed by atoms with Crippen molar-refractivity contribution < 1.29 is 13.6 Å². The second-order valence-electron chi connectivity index (χ2n) is 5.96. The Hall–Kier alpha value is -2.54. The smallest absolute Gasteiger partial charge is 0.264 e. The standard InChI is InChI=1S/C18H17ClF2N4O/c1-10-7-13(17(20)21)16-11(2)24-25(18(16)23-10)9-15(26)22-8-12-5-3-4-6-14(12)19/h3-7,17H,8-9H2,1-2H3,(H,22,26). The highest BCUT2D eigenvalue weighted by Gasteiger charge is 2.20. The van der Waals surface area contributed by atoms with E-state index in [0.29, 0.717) is 21.8 Å². The lowest BCUT2D eigenvalue weighted by Crippen LogP contribution is -2.27. The molecule has 0 aliphatic carbocycles. The molecule has 0 atom stereocenters. The van der Waals surface area contributed by atoms with Crippen molar-refractivity contribution in [2.24, 2.45) is 0 Å². The SMILES string of the molecule is Cc1cc(C(F)F)c2c(C)nn(CC(=O)NCc3ccccc3Cl)c2n1. The second kappa shape index (κ2) is 7.37. The highest BCUT2D eigenvalue weighted by atomic mass is 35.5. The number of hydrogen-bond donors (Lipinski definition) is 1. The predicted octanol–water partition coefficient (Wildman–Crippen LogP) is 3.96. The number of amides is 1. The summed E-state index contributed by atoms with van der Waals surface area (Å²) in [4.78, 5) is 16.6. The van der Waals surface area contributed by atoms with E-state index in [9.17, 15) is 13.6 Å². The van der Waals surface area contributed by atoms with Crippen molar-refractivity contribution >= 4 is 28.5 Å². The van der Waals surface area contributed by atoms with E-state index < -0.39 is 6.43 Å². The molecule has 26 heavy (non-hydrogen) atoms. The molecule has 3 aromatic rings. The first kappa shape index (κ1) is 18.3. The number of nitrogens with one attached hydrogen (secondary N) is 1. The highest BCUT2D eigenvalue weighted by molar-refractivity contribution is 6.31. The molecule has 0 unspecified atom stereocenters. The Morgan fingerprint density at radius 3 is 2.73 bits per heavy atom. The first-order chi connectivity index (χ1) is 12.4. The predicted molar refractivity (Wildman–Crippen MR) is 95.3 cm³/mol. The summed E-state index contributed by atoms with van der Waals surface area (Å²) >= 11 is 6.06. The number of rotatable bonds is 5. The Balaban J connectivity index is 1.83. The minimum absolute atomic E-state index is 0.117. The molecule has 0 spiro atoms. The fourth-order valence-corrected chi connectivity index (χ4v) is 3.03. The molecule has 8 heteroatoms. The van der Waals surface area contributed by atoms with Crippen LogP contribution in [0.3, 0.4) is 0 Å². The van der Waals surface area contributed by atoms with Crippen LogP contribution >= 0.6 is 11.6 Å². The second-order valence-corrected chi connectivity index (χ2v) is 6.37. The molecule has 2 aromatic heterocycles. The summed E-state index contributed by atoms with van der Waals surface area (Å²) in [6, 6.07) is 8.54. The summed E-state index contributed by atoms with van der Waals surface area (Å²) in [5, 5.41) is 7.83. The first-order valence-electron chi connectivity index (χ1n) is 7.99. The van der Waals surface area contributed by atoms with Gasteiger partial charge >= 0.3 is 0 Å². The molecule has 1 N–H and O–H groups in total. The maximum atomic E-state index is 13.3. The molecular formula is C18H17ClF2N4O. The van der Waals surface area contributed by atoms with E-state index in [1.807, 2.05) is 12.1 Å². The Bertz CT molecular complexity index is 971. The number of carbonyl (C=O) groups is 1. The molecular weight excluding hydrogens is 362 g/mol.